The van der Waals surface area contributed by atoms with Crippen LogP contribution in [0.3, 0.4) is 0 Å². The Morgan fingerprint density at radius 2 is 2.26 bits per heavy atom. The van der Waals surface area contributed by atoms with Crippen molar-refractivity contribution >= 4 is 16.8 Å². The van der Waals surface area contributed by atoms with Crippen LogP contribution in [0.25, 0.3) is 16.8 Å². The van der Waals surface area contributed by atoms with Gasteiger partial charge in [-0.05, 0) is 31.3 Å². The second-order valence-corrected chi connectivity index (χ2v) is 4.79. The fraction of sp³-hybridized carbons (Fsp3) is 0.333. The Bertz CT molecular complexity index is 908. The molecular formula is C15H17N3O. The van der Waals surface area contributed by atoms with Crippen LogP contribution in [-0.2, 0) is 0 Å². The van der Waals surface area contributed by atoms with Gasteiger partial charge in [-0.25, -0.2) is 9.38 Å². The van der Waals surface area contributed by atoms with E-state index in [4.69, 9.17) is 4.11 Å². The van der Waals surface area contributed by atoms with Crippen LogP contribution in [0.2, 0.25) is 0 Å². The fourth-order valence-electron chi connectivity index (χ4n) is 2.29. The highest BCUT2D eigenvalue weighted by molar-refractivity contribution is 5.79. The molecule has 0 saturated heterocycles. The lowest BCUT2D eigenvalue weighted by Crippen LogP contribution is -2.20. The standard InChI is InChI=1S/C15H17N3O/c1-4-9(2)13-10(3)14(19)18-12-8-6-5-7-11(12)16-15(18)17-13/h5-9H,4H2,1-3H3,(H,16,17)/i3D3. The monoisotopic (exact) mass is 258 g/mol. The summed E-state index contributed by atoms with van der Waals surface area (Å²) in [6, 6.07) is 7.26. The van der Waals surface area contributed by atoms with Gasteiger partial charge in [0.2, 0.25) is 5.78 Å². The van der Waals surface area contributed by atoms with Crippen molar-refractivity contribution < 1.29 is 4.11 Å². The van der Waals surface area contributed by atoms with E-state index in [0.717, 1.165) is 5.52 Å². The molecule has 0 aliphatic heterocycles. The third-order valence-corrected chi connectivity index (χ3v) is 3.58. The second kappa shape index (κ2) is 4.23. The summed E-state index contributed by atoms with van der Waals surface area (Å²) in [5, 5.41) is 0. The topological polar surface area (TPSA) is 50.2 Å². The fourth-order valence-corrected chi connectivity index (χ4v) is 2.29. The molecule has 2 aromatic heterocycles. The van der Waals surface area contributed by atoms with Crippen LogP contribution in [0.5, 0.6) is 0 Å². The largest absolute Gasteiger partial charge is 0.323 e. The van der Waals surface area contributed by atoms with Crippen LogP contribution >= 0.6 is 0 Å². The number of H-pyrrole nitrogens is 1. The van der Waals surface area contributed by atoms with E-state index in [-0.39, 0.29) is 11.5 Å². The molecule has 0 saturated carbocycles. The Kier molecular flexibility index (Phi) is 1.98. The van der Waals surface area contributed by atoms with Crippen molar-refractivity contribution in [3.63, 3.8) is 0 Å². The number of rotatable bonds is 2. The van der Waals surface area contributed by atoms with Gasteiger partial charge >= 0.3 is 0 Å². The Labute approximate surface area is 115 Å². The van der Waals surface area contributed by atoms with Gasteiger partial charge in [0.25, 0.3) is 5.56 Å². The molecule has 1 atom stereocenters. The maximum absolute atomic E-state index is 12.8. The lowest BCUT2D eigenvalue weighted by Gasteiger charge is -2.10. The Morgan fingerprint density at radius 3 is 3.00 bits per heavy atom. The number of hydrogen-bond donors (Lipinski definition) is 1. The molecule has 0 bridgehead atoms. The zero-order chi connectivity index (χ0) is 16.1. The summed E-state index contributed by atoms with van der Waals surface area (Å²) in [5.74, 6) is 0.286. The molecule has 0 radical (unpaired) electrons. The van der Waals surface area contributed by atoms with Crippen LogP contribution in [0.15, 0.2) is 29.1 Å². The number of aromatic nitrogens is 3. The number of benzene rings is 1. The van der Waals surface area contributed by atoms with Gasteiger partial charge in [0, 0.05) is 9.68 Å². The number of hydrogen-bond acceptors (Lipinski definition) is 2. The Hall–Kier alpha value is -2.10. The average molecular weight is 258 g/mol. The SMILES string of the molecule is [2H]C([2H])([2H])c1c(C(C)CC)nc2[nH]c3ccccc3n2c1=O. The van der Waals surface area contributed by atoms with Crippen LogP contribution < -0.4 is 5.56 Å². The summed E-state index contributed by atoms with van der Waals surface area (Å²) in [5.41, 5.74) is 1.06. The number of para-hydroxylation sites is 2. The molecule has 3 rings (SSSR count). The smallest absolute Gasteiger partial charge is 0.262 e. The van der Waals surface area contributed by atoms with Crippen molar-refractivity contribution in [3.8, 4) is 0 Å². The molecule has 98 valence electrons. The summed E-state index contributed by atoms with van der Waals surface area (Å²) in [7, 11) is 0. The summed E-state index contributed by atoms with van der Waals surface area (Å²) >= 11 is 0. The molecule has 1 unspecified atom stereocenters. The molecular weight excluding hydrogens is 238 g/mol. The number of fused-ring (bicyclic) bond motifs is 3. The predicted molar refractivity (Wildman–Crippen MR) is 76.8 cm³/mol. The van der Waals surface area contributed by atoms with E-state index in [9.17, 15) is 4.79 Å². The first-order valence-electron chi connectivity index (χ1n) is 7.88. The molecule has 4 heteroatoms. The molecule has 1 aromatic carbocycles. The highest BCUT2D eigenvalue weighted by Gasteiger charge is 2.16. The van der Waals surface area contributed by atoms with Crippen LogP contribution in [0, 0.1) is 6.85 Å². The zero-order valence-corrected chi connectivity index (χ0v) is 10.9. The quantitative estimate of drug-likeness (QED) is 0.768. The molecule has 0 amide bonds. The van der Waals surface area contributed by atoms with Crippen molar-refractivity contribution in [3.05, 3.63) is 45.9 Å². The highest BCUT2D eigenvalue weighted by atomic mass is 16.1. The predicted octanol–water partition coefficient (Wildman–Crippen LogP) is 3.00. The van der Waals surface area contributed by atoms with E-state index in [1.165, 1.54) is 4.40 Å². The number of nitrogens with one attached hydrogen (secondary N) is 1. The molecule has 0 aliphatic carbocycles. The third kappa shape index (κ3) is 1.67. The van der Waals surface area contributed by atoms with Gasteiger partial charge in [-0.1, -0.05) is 26.0 Å². The van der Waals surface area contributed by atoms with Gasteiger partial charge in [0.1, 0.15) is 0 Å². The van der Waals surface area contributed by atoms with Gasteiger partial charge in [0.15, 0.2) is 0 Å². The minimum atomic E-state index is -2.48. The van der Waals surface area contributed by atoms with Crippen molar-refractivity contribution in [2.24, 2.45) is 0 Å². The third-order valence-electron chi connectivity index (χ3n) is 3.58. The van der Waals surface area contributed by atoms with E-state index in [0.29, 0.717) is 23.4 Å². The summed E-state index contributed by atoms with van der Waals surface area (Å²) < 4.78 is 24.5. The summed E-state index contributed by atoms with van der Waals surface area (Å²) in [4.78, 5) is 20.4. The maximum atomic E-state index is 12.8. The van der Waals surface area contributed by atoms with Crippen LogP contribution in [0.1, 0.15) is 41.6 Å². The van der Waals surface area contributed by atoms with Gasteiger partial charge in [-0.15, -0.1) is 0 Å². The Morgan fingerprint density at radius 1 is 1.47 bits per heavy atom. The van der Waals surface area contributed by atoms with Crippen molar-refractivity contribution in [1.82, 2.24) is 14.4 Å². The molecule has 0 fully saturated rings. The molecule has 19 heavy (non-hydrogen) atoms. The first-order chi connectivity index (χ1) is 10.3. The van der Waals surface area contributed by atoms with Gasteiger partial charge in [-0.3, -0.25) is 4.79 Å². The minimum Gasteiger partial charge on any atom is -0.323 e. The molecule has 3 aromatic rings. The number of nitrogens with zero attached hydrogens (tertiary/aromatic N) is 2. The van der Waals surface area contributed by atoms with E-state index in [1.807, 2.05) is 26.0 Å². The van der Waals surface area contributed by atoms with Gasteiger partial charge in [0.05, 0.1) is 16.7 Å². The van der Waals surface area contributed by atoms with E-state index in [2.05, 4.69) is 9.97 Å². The minimum absolute atomic E-state index is 0.0977. The summed E-state index contributed by atoms with van der Waals surface area (Å²) in [6.07, 6.45) is 0.714. The average Bonchev–Trinajstić information content (AvgIpc) is 2.83. The highest BCUT2D eigenvalue weighted by Crippen LogP contribution is 2.20. The first kappa shape index (κ1) is 8.91. The van der Waals surface area contributed by atoms with Crippen LogP contribution in [-0.4, -0.2) is 14.4 Å². The second-order valence-electron chi connectivity index (χ2n) is 4.79. The Balaban J connectivity index is 2.51. The van der Waals surface area contributed by atoms with Crippen molar-refractivity contribution in [1.29, 1.82) is 0 Å². The molecule has 1 N–H and O–H groups in total. The summed E-state index contributed by atoms with van der Waals surface area (Å²) in [6.45, 7) is 1.35. The van der Waals surface area contributed by atoms with Gasteiger partial charge < -0.3 is 4.98 Å². The number of aromatic amines is 1. The van der Waals surface area contributed by atoms with E-state index >= 15 is 0 Å². The van der Waals surface area contributed by atoms with Crippen molar-refractivity contribution in [2.75, 3.05) is 0 Å². The van der Waals surface area contributed by atoms with Crippen LogP contribution in [0.4, 0.5) is 0 Å². The molecule has 0 spiro atoms. The lowest BCUT2D eigenvalue weighted by atomic mass is 10.0. The van der Waals surface area contributed by atoms with E-state index < -0.39 is 12.4 Å². The van der Waals surface area contributed by atoms with E-state index in [1.54, 1.807) is 12.1 Å². The zero-order valence-electron chi connectivity index (χ0n) is 13.9. The normalized spacial score (nSPS) is 16.2. The molecule has 4 nitrogen and oxygen atoms in total. The lowest BCUT2D eigenvalue weighted by molar-refractivity contribution is 0.697. The van der Waals surface area contributed by atoms with Gasteiger partial charge in [-0.2, -0.15) is 0 Å². The molecule has 0 aliphatic rings. The van der Waals surface area contributed by atoms with Crippen molar-refractivity contribution in [2.45, 2.75) is 33.0 Å². The number of imidazole rings is 1. The maximum Gasteiger partial charge on any atom is 0.262 e. The molecule has 2 heterocycles. The first-order valence-corrected chi connectivity index (χ1v) is 6.38.